The standard InChI is InChI=1S/C22H24FN5O3/c1-15-3-6-20(31-15)21(29)26-9-11-27(12-10-26)22(30)25-14-17-4-5-19(18(23)13-17)28-8-7-24-16(28)2/h3-8,13H,9-12,14H2,1-2H3,(H,25,30). The van der Waals surface area contributed by atoms with Crippen LogP contribution < -0.4 is 5.32 Å². The molecule has 1 aromatic carbocycles. The largest absolute Gasteiger partial charge is 0.456 e. The second-order valence-electron chi connectivity index (χ2n) is 7.48. The Morgan fingerprint density at radius 2 is 1.84 bits per heavy atom. The van der Waals surface area contributed by atoms with Gasteiger partial charge in [-0.25, -0.2) is 14.2 Å². The molecule has 1 fully saturated rings. The summed E-state index contributed by atoms with van der Waals surface area (Å²) in [7, 11) is 0. The van der Waals surface area contributed by atoms with Gasteiger partial charge in [0.05, 0.1) is 5.69 Å². The predicted molar refractivity (Wildman–Crippen MR) is 111 cm³/mol. The second kappa shape index (κ2) is 8.63. The smallest absolute Gasteiger partial charge is 0.317 e. The Morgan fingerprint density at radius 1 is 1.10 bits per heavy atom. The molecular weight excluding hydrogens is 401 g/mol. The van der Waals surface area contributed by atoms with Gasteiger partial charge in [-0.05, 0) is 43.7 Å². The molecule has 2 aromatic heterocycles. The molecule has 4 rings (SSSR count). The molecule has 0 atom stereocenters. The Labute approximate surface area is 179 Å². The lowest BCUT2D eigenvalue weighted by molar-refractivity contribution is 0.0632. The molecule has 31 heavy (non-hydrogen) atoms. The van der Waals surface area contributed by atoms with E-state index in [1.54, 1.807) is 64.9 Å². The molecule has 0 spiro atoms. The Balaban J connectivity index is 1.29. The minimum Gasteiger partial charge on any atom is -0.456 e. The maximum absolute atomic E-state index is 14.5. The predicted octanol–water partition coefficient (Wildman–Crippen LogP) is 2.89. The van der Waals surface area contributed by atoms with Crippen LogP contribution in [0.15, 0.2) is 47.1 Å². The summed E-state index contributed by atoms with van der Waals surface area (Å²) < 4.78 is 21.6. The number of aryl methyl sites for hydroxylation is 2. The molecule has 162 valence electrons. The molecule has 0 unspecified atom stereocenters. The summed E-state index contributed by atoms with van der Waals surface area (Å²) in [5.41, 5.74) is 1.08. The van der Waals surface area contributed by atoms with Crippen molar-refractivity contribution in [2.24, 2.45) is 0 Å². The summed E-state index contributed by atoms with van der Waals surface area (Å²) in [6.45, 7) is 5.51. The first kappa shape index (κ1) is 20.6. The average Bonchev–Trinajstić information content (AvgIpc) is 3.40. The van der Waals surface area contributed by atoms with Crippen LogP contribution >= 0.6 is 0 Å². The van der Waals surface area contributed by atoms with Crippen LogP contribution in [0.3, 0.4) is 0 Å². The molecule has 9 heteroatoms. The highest BCUT2D eigenvalue weighted by Crippen LogP contribution is 2.17. The maximum atomic E-state index is 14.5. The van der Waals surface area contributed by atoms with Gasteiger partial charge in [0, 0.05) is 45.1 Å². The van der Waals surface area contributed by atoms with E-state index in [1.165, 1.54) is 6.07 Å². The third kappa shape index (κ3) is 4.45. The van der Waals surface area contributed by atoms with E-state index in [2.05, 4.69) is 10.3 Å². The van der Waals surface area contributed by atoms with Crippen LogP contribution in [0, 0.1) is 19.7 Å². The number of hydrogen-bond donors (Lipinski definition) is 1. The van der Waals surface area contributed by atoms with E-state index in [4.69, 9.17) is 4.42 Å². The zero-order chi connectivity index (χ0) is 22.0. The van der Waals surface area contributed by atoms with Gasteiger partial charge in [0.15, 0.2) is 5.76 Å². The minimum atomic E-state index is -0.381. The molecule has 3 amide bonds. The zero-order valence-electron chi connectivity index (χ0n) is 17.5. The molecule has 0 radical (unpaired) electrons. The van der Waals surface area contributed by atoms with Crippen molar-refractivity contribution >= 4 is 11.9 Å². The molecule has 1 aliphatic rings. The van der Waals surface area contributed by atoms with E-state index >= 15 is 0 Å². The van der Waals surface area contributed by atoms with E-state index in [0.29, 0.717) is 54.8 Å². The Kier molecular flexibility index (Phi) is 5.75. The van der Waals surface area contributed by atoms with Gasteiger partial charge in [-0.2, -0.15) is 0 Å². The van der Waals surface area contributed by atoms with Gasteiger partial charge in [0.2, 0.25) is 0 Å². The Bertz CT molecular complexity index is 1100. The van der Waals surface area contributed by atoms with Crippen LogP contribution in [0.2, 0.25) is 0 Å². The third-order valence-electron chi connectivity index (χ3n) is 5.35. The first-order valence-corrected chi connectivity index (χ1v) is 10.1. The number of carbonyl (C=O) groups excluding carboxylic acids is 2. The molecule has 1 saturated heterocycles. The van der Waals surface area contributed by atoms with E-state index in [-0.39, 0.29) is 24.3 Å². The van der Waals surface area contributed by atoms with Crippen molar-refractivity contribution in [3.05, 3.63) is 71.5 Å². The van der Waals surface area contributed by atoms with Gasteiger partial charge < -0.3 is 24.1 Å². The van der Waals surface area contributed by atoms with Crippen LogP contribution in [0.4, 0.5) is 9.18 Å². The molecule has 0 aliphatic carbocycles. The SMILES string of the molecule is Cc1ccc(C(=O)N2CCN(C(=O)NCc3ccc(-n4ccnc4C)c(F)c3)CC2)o1. The van der Waals surface area contributed by atoms with Crippen LogP contribution in [0.25, 0.3) is 5.69 Å². The highest BCUT2D eigenvalue weighted by molar-refractivity contribution is 5.91. The van der Waals surface area contributed by atoms with E-state index in [9.17, 15) is 14.0 Å². The number of halogens is 1. The normalized spacial score (nSPS) is 14.0. The van der Waals surface area contributed by atoms with Gasteiger partial charge in [0.1, 0.15) is 17.4 Å². The number of urea groups is 1. The molecule has 3 aromatic rings. The number of nitrogens with one attached hydrogen (secondary N) is 1. The second-order valence-corrected chi connectivity index (χ2v) is 7.48. The zero-order valence-corrected chi connectivity index (χ0v) is 17.5. The minimum absolute atomic E-state index is 0.170. The van der Waals surface area contributed by atoms with Gasteiger partial charge in [0.25, 0.3) is 5.91 Å². The van der Waals surface area contributed by atoms with Crippen molar-refractivity contribution in [1.29, 1.82) is 0 Å². The first-order chi connectivity index (χ1) is 14.9. The summed E-state index contributed by atoms with van der Waals surface area (Å²) in [6.07, 6.45) is 3.32. The molecule has 0 bridgehead atoms. The fraction of sp³-hybridized carbons (Fsp3) is 0.318. The van der Waals surface area contributed by atoms with E-state index in [1.807, 2.05) is 0 Å². The lowest BCUT2D eigenvalue weighted by Crippen LogP contribution is -2.53. The van der Waals surface area contributed by atoms with Gasteiger partial charge in [-0.1, -0.05) is 6.07 Å². The number of imidazole rings is 1. The maximum Gasteiger partial charge on any atom is 0.317 e. The van der Waals surface area contributed by atoms with Crippen molar-refractivity contribution in [1.82, 2.24) is 24.7 Å². The average molecular weight is 425 g/mol. The number of furan rings is 1. The molecule has 3 heterocycles. The molecule has 1 aliphatic heterocycles. The number of hydrogen-bond acceptors (Lipinski definition) is 4. The quantitative estimate of drug-likeness (QED) is 0.697. The number of aromatic nitrogens is 2. The fourth-order valence-corrected chi connectivity index (χ4v) is 3.60. The van der Waals surface area contributed by atoms with Crippen LogP contribution in [-0.4, -0.2) is 57.5 Å². The third-order valence-corrected chi connectivity index (χ3v) is 5.35. The van der Waals surface area contributed by atoms with Crippen LogP contribution in [-0.2, 0) is 6.54 Å². The highest BCUT2D eigenvalue weighted by Gasteiger charge is 2.26. The lowest BCUT2D eigenvalue weighted by Gasteiger charge is -2.34. The summed E-state index contributed by atoms with van der Waals surface area (Å²) in [5, 5.41) is 2.82. The topological polar surface area (TPSA) is 83.6 Å². The first-order valence-electron chi connectivity index (χ1n) is 10.1. The summed E-state index contributed by atoms with van der Waals surface area (Å²) in [5.74, 6) is 1.14. The van der Waals surface area contributed by atoms with Crippen LogP contribution in [0.5, 0.6) is 0 Å². The molecule has 0 saturated carbocycles. The van der Waals surface area contributed by atoms with E-state index < -0.39 is 0 Å². The highest BCUT2D eigenvalue weighted by atomic mass is 19.1. The number of piperazine rings is 1. The number of rotatable bonds is 4. The van der Waals surface area contributed by atoms with E-state index in [0.717, 1.165) is 0 Å². The summed E-state index contributed by atoms with van der Waals surface area (Å²) >= 11 is 0. The molecule has 1 N–H and O–H groups in total. The monoisotopic (exact) mass is 425 g/mol. The summed E-state index contributed by atoms with van der Waals surface area (Å²) in [4.78, 5) is 32.4. The summed E-state index contributed by atoms with van der Waals surface area (Å²) in [6, 6.07) is 8.04. The van der Waals surface area contributed by atoms with Crippen molar-refractivity contribution < 1.29 is 18.4 Å². The number of amides is 3. The van der Waals surface area contributed by atoms with Gasteiger partial charge in [-0.3, -0.25) is 4.79 Å². The molecular formula is C22H24FN5O3. The number of carbonyl (C=O) groups is 2. The van der Waals surface area contributed by atoms with Gasteiger partial charge >= 0.3 is 6.03 Å². The lowest BCUT2D eigenvalue weighted by atomic mass is 10.2. The van der Waals surface area contributed by atoms with Crippen molar-refractivity contribution in [2.75, 3.05) is 26.2 Å². The van der Waals surface area contributed by atoms with Crippen molar-refractivity contribution in [3.63, 3.8) is 0 Å². The number of benzene rings is 1. The Hall–Kier alpha value is -3.62. The van der Waals surface area contributed by atoms with Gasteiger partial charge in [-0.15, -0.1) is 0 Å². The van der Waals surface area contributed by atoms with Crippen molar-refractivity contribution in [2.45, 2.75) is 20.4 Å². The number of nitrogens with zero attached hydrogens (tertiary/aromatic N) is 4. The van der Waals surface area contributed by atoms with Crippen molar-refractivity contribution in [3.8, 4) is 5.69 Å². The van der Waals surface area contributed by atoms with Crippen LogP contribution in [0.1, 0.15) is 27.7 Å². The molecule has 8 nitrogen and oxygen atoms in total. The fourth-order valence-electron chi connectivity index (χ4n) is 3.60. The Morgan fingerprint density at radius 3 is 2.45 bits per heavy atom.